The SMILES string of the molecule is CC1=C(C(N)=O)c2c([P+](F)(F)F)nc3nncn3c2C1.Cc1ccc(O)c(C)c1C. The van der Waals surface area contributed by atoms with E-state index in [1.807, 2.05) is 26.8 Å². The Labute approximate surface area is 171 Å². The maximum Gasteiger partial charge on any atom is 0.621 e. The number of nitrogens with zero attached hydrogens (tertiary/aromatic N) is 4. The van der Waals surface area contributed by atoms with Crippen molar-refractivity contribution in [3.63, 3.8) is 0 Å². The van der Waals surface area contributed by atoms with Crippen LogP contribution in [-0.4, -0.2) is 30.6 Å². The van der Waals surface area contributed by atoms with E-state index in [1.54, 1.807) is 13.0 Å². The molecule has 0 radical (unpaired) electrons. The molecule has 158 valence electrons. The van der Waals surface area contributed by atoms with Crippen LogP contribution in [0, 0.1) is 20.8 Å². The molecule has 4 rings (SSSR count). The Morgan fingerprint density at radius 3 is 2.40 bits per heavy atom. The molecule has 0 fully saturated rings. The third kappa shape index (κ3) is 3.75. The first kappa shape index (κ1) is 21.7. The summed E-state index contributed by atoms with van der Waals surface area (Å²) in [5.41, 5.74) is 8.04. The second kappa shape index (κ2) is 7.68. The fourth-order valence-corrected chi connectivity index (χ4v) is 4.03. The Hall–Kier alpha value is -3.00. The van der Waals surface area contributed by atoms with E-state index in [2.05, 4.69) is 15.2 Å². The Balaban J connectivity index is 0.000000216. The summed E-state index contributed by atoms with van der Waals surface area (Å²) in [6.45, 7) is 7.57. The van der Waals surface area contributed by atoms with E-state index in [4.69, 9.17) is 5.73 Å². The lowest BCUT2D eigenvalue weighted by molar-refractivity contribution is -0.112. The third-order valence-corrected chi connectivity index (χ3v) is 5.97. The predicted octanol–water partition coefficient (Wildman–Crippen LogP) is 3.55. The Morgan fingerprint density at radius 1 is 1.17 bits per heavy atom. The molecule has 1 aliphatic carbocycles. The van der Waals surface area contributed by atoms with Crippen LogP contribution in [0.4, 0.5) is 12.6 Å². The average molecular weight is 438 g/mol. The number of aromatic nitrogens is 4. The molecule has 1 aromatic carbocycles. The minimum atomic E-state index is -5.93. The van der Waals surface area contributed by atoms with Gasteiger partial charge in [-0.2, -0.15) is 4.98 Å². The number of hydrogen-bond donors (Lipinski definition) is 2. The summed E-state index contributed by atoms with van der Waals surface area (Å²) in [4.78, 5) is 15.0. The van der Waals surface area contributed by atoms with Crippen molar-refractivity contribution in [3.8, 4) is 5.75 Å². The highest BCUT2D eigenvalue weighted by Gasteiger charge is 2.54. The van der Waals surface area contributed by atoms with E-state index in [1.165, 1.54) is 21.9 Å². The molecule has 0 unspecified atom stereocenters. The molecule has 0 bridgehead atoms. The van der Waals surface area contributed by atoms with Crippen LogP contribution in [0.5, 0.6) is 5.75 Å². The zero-order valence-electron chi connectivity index (χ0n) is 16.7. The number of phenols is 1. The van der Waals surface area contributed by atoms with Crippen LogP contribution in [0.15, 0.2) is 24.0 Å². The molecule has 1 amide bonds. The van der Waals surface area contributed by atoms with Gasteiger partial charge < -0.3 is 10.8 Å². The summed E-state index contributed by atoms with van der Waals surface area (Å²) >= 11 is 0. The van der Waals surface area contributed by atoms with Gasteiger partial charge in [-0.15, -0.1) is 10.2 Å². The van der Waals surface area contributed by atoms with Gasteiger partial charge >= 0.3 is 13.6 Å². The standard InChI is InChI=1S/C10H7F3N5OP.C9H12O/c1-4-2-5-7(6(4)8(14)19)9(20(11,12)13)16-10-17-15-3-18(5)10;1-6-4-5-9(10)8(3)7(6)2/h3H,2H2,1H3,(H-,14,19);4-5,10H,1-3H3/p+1. The fraction of sp³-hybridized carbons (Fsp3) is 0.263. The normalized spacial score (nSPS) is 13.3. The first-order chi connectivity index (χ1) is 13.9. The van der Waals surface area contributed by atoms with Gasteiger partial charge in [0.05, 0.1) is 11.1 Å². The van der Waals surface area contributed by atoms with Gasteiger partial charge in [0.25, 0.3) is 5.78 Å². The Morgan fingerprint density at radius 2 is 1.83 bits per heavy atom. The molecule has 0 aliphatic heterocycles. The average Bonchev–Trinajstić information content (AvgIpc) is 3.25. The summed E-state index contributed by atoms with van der Waals surface area (Å²) in [5, 5.41) is 16.3. The van der Waals surface area contributed by atoms with E-state index >= 15 is 0 Å². The number of primary amides is 1. The summed E-state index contributed by atoms with van der Waals surface area (Å²) < 4.78 is 41.1. The first-order valence-corrected chi connectivity index (χ1v) is 10.4. The summed E-state index contributed by atoms with van der Waals surface area (Å²) in [7, 11) is -5.93. The maximum absolute atomic E-state index is 13.3. The lowest BCUT2D eigenvalue weighted by Gasteiger charge is -2.06. The van der Waals surface area contributed by atoms with E-state index in [0.29, 0.717) is 17.0 Å². The van der Waals surface area contributed by atoms with Crippen molar-refractivity contribution in [2.75, 3.05) is 0 Å². The zero-order chi connectivity index (χ0) is 22.4. The molecule has 0 spiro atoms. The molecule has 3 N–H and O–H groups in total. The topological polar surface area (TPSA) is 106 Å². The number of hydrogen-bond acceptors (Lipinski definition) is 5. The van der Waals surface area contributed by atoms with Crippen LogP contribution in [-0.2, 0) is 11.2 Å². The van der Waals surface area contributed by atoms with Crippen LogP contribution in [0.2, 0.25) is 0 Å². The molecular formula is C19H20F3N5O2P+. The minimum Gasteiger partial charge on any atom is -0.508 e. The number of aromatic hydroxyl groups is 1. The molecule has 30 heavy (non-hydrogen) atoms. The summed E-state index contributed by atoms with van der Waals surface area (Å²) in [5.74, 6) is -0.622. The van der Waals surface area contributed by atoms with Crippen molar-refractivity contribution in [1.82, 2.24) is 19.6 Å². The monoisotopic (exact) mass is 438 g/mol. The van der Waals surface area contributed by atoms with Gasteiger partial charge in [-0.25, -0.2) is 0 Å². The number of nitrogens with two attached hydrogens (primary N) is 1. The molecule has 1 aliphatic rings. The van der Waals surface area contributed by atoms with Gasteiger partial charge in [0.1, 0.15) is 12.1 Å². The molecular weight excluding hydrogens is 418 g/mol. The number of amides is 1. The van der Waals surface area contributed by atoms with Gasteiger partial charge in [-0.05, 0) is 50.5 Å². The van der Waals surface area contributed by atoms with Crippen molar-refractivity contribution < 1.29 is 22.5 Å². The van der Waals surface area contributed by atoms with Crippen molar-refractivity contribution >= 4 is 30.9 Å². The number of carbonyl (C=O) groups is 1. The van der Waals surface area contributed by atoms with Crippen molar-refractivity contribution in [1.29, 1.82) is 0 Å². The number of aryl methyl sites for hydroxylation is 1. The van der Waals surface area contributed by atoms with E-state index in [-0.39, 0.29) is 23.3 Å². The molecule has 2 aromatic heterocycles. The van der Waals surface area contributed by atoms with Crippen molar-refractivity contribution in [2.45, 2.75) is 34.1 Å². The molecule has 11 heteroatoms. The molecule has 3 aromatic rings. The number of halogens is 3. The number of rotatable bonds is 2. The largest absolute Gasteiger partial charge is 0.621 e. The highest BCUT2D eigenvalue weighted by molar-refractivity contribution is 7.68. The number of phenolic OH excluding ortho intramolecular Hbond substituents is 1. The van der Waals surface area contributed by atoms with Crippen LogP contribution in [0.25, 0.3) is 11.4 Å². The summed E-state index contributed by atoms with van der Waals surface area (Å²) in [6, 6.07) is 3.66. The number of allylic oxidation sites excluding steroid dienone is 1. The van der Waals surface area contributed by atoms with Crippen LogP contribution in [0.1, 0.15) is 34.9 Å². The number of benzene rings is 1. The second-order valence-electron chi connectivity index (χ2n) is 7.05. The molecule has 7 nitrogen and oxygen atoms in total. The lowest BCUT2D eigenvalue weighted by Crippen LogP contribution is -2.22. The quantitative estimate of drug-likeness (QED) is 0.595. The minimum absolute atomic E-state index is 0.101. The highest BCUT2D eigenvalue weighted by Crippen LogP contribution is 2.64. The Kier molecular flexibility index (Phi) is 5.56. The fourth-order valence-electron chi connectivity index (χ4n) is 3.34. The van der Waals surface area contributed by atoms with E-state index in [0.717, 1.165) is 5.56 Å². The smallest absolute Gasteiger partial charge is 0.508 e. The van der Waals surface area contributed by atoms with Crippen LogP contribution >= 0.6 is 8.19 Å². The van der Waals surface area contributed by atoms with Gasteiger partial charge in [-0.3, -0.25) is 9.20 Å². The van der Waals surface area contributed by atoms with Gasteiger partial charge in [0.2, 0.25) is 5.91 Å². The Bertz CT molecular complexity index is 1170. The zero-order valence-corrected chi connectivity index (χ0v) is 17.6. The maximum atomic E-state index is 13.3. The van der Waals surface area contributed by atoms with Crippen LogP contribution < -0.4 is 11.2 Å². The van der Waals surface area contributed by atoms with Crippen molar-refractivity contribution in [3.05, 3.63) is 52.0 Å². The predicted molar refractivity (Wildman–Crippen MR) is 108 cm³/mol. The number of carbonyl (C=O) groups excluding carboxylic acids is 1. The molecule has 0 atom stereocenters. The number of fused-ring (bicyclic) bond motifs is 3. The molecule has 2 heterocycles. The van der Waals surface area contributed by atoms with E-state index < -0.39 is 19.5 Å². The van der Waals surface area contributed by atoms with E-state index in [9.17, 15) is 22.5 Å². The lowest BCUT2D eigenvalue weighted by atomic mass is 10.0. The first-order valence-electron chi connectivity index (χ1n) is 8.90. The highest BCUT2D eigenvalue weighted by atomic mass is 31.3. The molecule has 0 saturated heterocycles. The summed E-state index contributed by atoms with van der Waals surface area (Å²) in [6.07, 6.45) is 1.47. The third-order valence-electron chi connectivity index (χ3n) is 5.16. The van der Waals surface area contributed by atoms with Crippen molar-refractivity contribution in [2.24, 2.45) is 5.73 Å². The van der Waals surface area contributed by atoms with Gasteiger partial charge in [0.15, 0.2) is 0 Å². The van der Waals surface area contributed by atoms with Gasteiger partial charge in [-0.1, -0.05) is 11.6 Å². The molecule has 0 saturated carbocycles. The van der Waals surface area contributed by atoms with Gasteiger partial charge in [0, 0.05) is 24.7 Å². The second-order valence-corrected chi connectivity index (χ2v) is 8.37. The van der Waals surface area contributed by atoms with Crippen LogP contribution in [0.3, 0.4) is 0 Å².